The minimum Gasteiger partial charge on any atom is -0.496 e. The van der Waals surface area contributed by atoms with Gasteiger partial charge in [-0.25, -0.2) is 9.78 Å². The second-order valence-electron chi connectivity index (χ2n) is 5.89. The standard InChI is InChI=1S/C17H21N3O3/c1-23-15-5-4-12(9-14(15)17(21)22)10-20-8-2-3-13(11-20)16-18-6-7-19-16/h4-7,9,13H,2-3,8,10-11H2,1H3,(H,18,19)(H,21,22)/t13-/m1/s1. The Labute approximate surface area is 135 Å². The Balaban J connectivity index is 1.71. The number of carboxylic acids is 1. The van der Waals surface area contributed by atoms with E-state index in [-0.39, 0.29) is 5.56 Å². The summed E-state index contributed by atoms with van der Waals surface area (Å²) in [5.74, 6) is 0.885. The molecule has 1 atom stereocenters. The fraction of sp³-hybridized carbons (Fsp3) is 0.412. The van der Waals surface area contributed by atoms with Gasteiger partial charge in [0.25, 0.3) is 0 Å². The molecular formula is C17H21N3O3. The molecule has 1 aromatic heterocycles. The third-order valence-electron chi connectivity index (χ3n) is 4.31. The van der Waals surface area contributed by atoms with Crippen molar-refractivity contribution in [3.63, 3.8) is 0 Å². The largest absolute Gasteiger partial charge is 0.496 e. The highest BCUT2D eigenvalue weighted by molar-refractivity contribution is 5.91. The number of H-pyrrole nitrogens is 1. The van der Waals surface area contributed by atoms with Crippen LogP contribution in [-0.4, -0.2) is 46.1 Å². The second kappa shape index (κ2) is 6.83. The molecule has 6 heteroatoms. The van der Waals surface area contributed by atoms with Crippen LogP contribution < -0.4 is 4.74 Å². The molecule has 23 heavy (non-hydrogen) atoms. The van der Waals surface area contributed by atoms with Crippen molar-refractivity contribution in [3.8, 4) is 5.75 Å². The average molecular weight is 315 g/mol. The number of nitrogens with zero attached hydrogens (tertiary/aromatic N) is 2. The van der Waals surface area contributed by atoms with E-state index in [9.17, 15) is 9.90 Å². The summed E-state index contributed by atoms with van der Waals surface area (Å²) in [4.78, 5) is 21.2. The molecule has 1 fully saturated rings. The zero-order valence-electron chi connectivity index (χ0n) is 13.2. The summed E-state index contributed by atoms with van der Waals surface area (Å²) >= 11 is 0. The number of hydrogen-bond donors (Lipinski definition) is 2. The first-order valence-electron chi connectivity index (χ1n) is 7.79. The molecule has 6 nitrogen and oxygen atoms in total. The first-order chi connectivity index (χ1) is 11.2. The van der Waals surface area contributed by atoms with Crippen LogP contribution in [0.15, 0.2) is 30.6 Å². The lowest BCUT2D eigenvalue weighted by atomic mass is 9.96. The second-order valence-corrected chi connectivity index (χ2v) is 5.89. The summed E-state index contributed by atoms with van der Waals surface area (Å²) in [6, 6.07) is 5.37. The van der Waals surface area contributed by atoms with Crippen molar-refractivity contribution < 1.29 is 14.6 Å². The maximum absolute atomic E-state index is 11.3. The first-order valence-corrected chi connectivity index (χ1v) is 7.79. The lowest BCUT2D eigenvalue weighted by molar-refractivity contribution is 0.0693. The topological polar surface area (TPSA) is 78.5 Å². The molecule has 2 aromatic rings. The number of ether oxygens (including phenoxy) is 1. The molecule has 0 radical (unpaired) electrons. The molecule has 0 aliphatic carbocycles. The highest BCUT2D eigenvalue weighted by atomic mass is 16.5. The Hall–Kier alpha value is -2.34. The minimum absolute atomic E-state index is 0.213. The molecule has 0 amide bonds. The number of carboxylic acid groups (broad SMARTS) is 1. The summed E-state index contributed by atoms with van der Waals surface area (Å²) in [5.41, 5.74) is 1.20. The third kappa shape index (κ3) is 3.53. The number of aromatic carboxylic acids is 1. The minimum atomic E-state index is -0.962. The van der Waals surface area contributed by atoms with Crippen LogP contribution >= 0.6 is 0 Å². The average Bonchev–Trinajstić information content (AvgIpc) is 3.09. The number of piperidine rings is 1. The smallest absolute Gasteiger partial charge is 0.339 e. The van der Waals surface area contributed by atoms with Gasteiger partial charge in [-0.3, -0.25) is 4.90 Å². The van der Waals surface area contributed by atoms with Crippen molar-refractivity contribution in [1.82, 2.24) is 14.9 Å². The fourth-order valence-corrected chi connectivity index (χ4v) is 3.20. The van der Waals surface area contributed by atoms with E-state index in [1.54, 1.807) is 18.3 Å². The number of carbonyl (C=O) groups is 1. The van der Waals surface area contributed by atoms with Crippen LogP contribution in [0.5, 0.6) is 5.75 Å². The van der Waals surface area contributed by atoms with Gasteiger partial charge in [-0.1, -0.05) is 6.07 Å². The van der Waals surface area contributed by atoms with Crippen LogP contribution in [0.3, 0.4) is 0 Å². The van der Waals surface area contributed by atoms with Crippen LogP contribution in [0.2, 0.25) is 0 Å². The summed E-state index contributed by atoms with van der Waals surface area (Å²) < 4.78 is 5.11. The van der Waals surface area contributed by atoms with E-state index in [4.69, 9.17) is 4.74 Å². The van der Waals surface area contributed by atoms with Crippen LogP contribution in [0.4, 0.5) is 0 Å². The van der Waals surface area contributed by atoms with Crippen molar-refractivity contribution in [3.05, 3.63) is 47.5 Å². The van der Waals surface area contributed by atoms with Gasteiger partial charge in [0.15, 0.2) is 0 Å². The Morgan fingerprint density at radius 3 is 3.09 bits per heavy atom. The monoisotopic (exact) mass is 315 g/mol. The number of rotatable bonds is 5. The fourth-order valence-electron chi connectivity index (χ4n) is 3.20. The van der Waals surface area contributed by atoms with E-state index >= 15 is 0 Å². The van der Waals surface area contributed by atoms with E-state index in [0.29, 0.717) is 11.7 Å². The molecule has 1 aromatic carbocycles. The van der Waals surface area contributed by atoms with E-state index in [1.165, 1.54) is 7.11 Å². The third-order valence-corrected chi connectivity index (χ3v) is 4.31. The number of aromatic nitrogens is 2. The van der Waals surface area contributed by atoms with Crippen LogP contribution in [0.1, 0.15) is 40.5 Å². The molecule has 2 N–H and O–H groups in total. The lowest BCUT2D eigenvalue weighted by Crippen LogP contribution is -2.34. The number of benzene rings is 1. The van der Waals surface area contributed by atoms with Gasteiger partial charge in [0.2, 0.25) is 0 Å². The summed E-state index contributed by atoms with van der Waals surface area (Å²) in [7, 11) is 1.49. The molecule has 3 rings (SSSR count). The van der Waals surface area contributed by atoms with Gasteiger partial charge in [-0.05, 0) is 37.1 Å². The van der Waals surface area contributed by atoms with Crippen molar-refractivity contribution in [2.45, 2.75) is 25.3 Å². The quantitative estimate of drug-likeness (QED) is 0.886. The predicted octanol–water partition coefficient (Wildman–Crippen LogP) is 2.50. The van der Waals surface area contributed by atoms with Crippen molar-refractivity contribution >= 4 is 5.97 Å². The van der Waals surface area contributed by atoms with Crippen LogP contribution in [-0.2, 0) is 6.54 Å². The van der Waals surface area contributed by atoms with Crippen molar-refractivity contribution in [2.24, 2.45) is 0 Å². The van der Waals surface area contributed by atoms with Gasteiger partial charge in [0.1, 0.15) is 17.1 Å². The Morgan fingerprint density at radius 1 is 1.52 bits per heavy atom. The lowest BCUT2D eigenvalue weighted by Gasteiger charge is -2.31. The van der Waals surface area contributed by atoms with Gasteiger partial charge in [-0.15, -0.1) is 0 Å². The Morgan fingerprint density at radius 2 is 2.39 bits per heavy atom. The Bertz CT molecular complexity index is 670. The van der Waals surface area contributed by atoms with E-state index in [2.05, 4.69) is 14.9 Å². The number of imidazole rings is 1. The molecule has 1 aliphatic rings. The van der Waals surface area contributed by atoms with Crippen molar-refractivity contribution in [1.29, 1.82) is 0 Å². The first kappa shape index (κ1) is 15.6. The molecule has 2 heterocycles. The van der Waals surface area contributed by atoms with Gasteiger partial charge in [0.05, 0.1) is 7.11 Å². The molecule has 1 aliphatic heterocycles. The van der Waals surface area contributed by atoms with E-state index < -0.39 is 5.97 Å². The summed E-state index contributed by atoms with van der Waals surface area (Å²) in [6.45, 7) is 2.69. The molecule has 0 bridgehead atoms. The highest BCUT2D eigenvalue weighted by Crippen LogP contribution is 2.26. The maximum atomic E-state index is 11.3. The maximum Gasteiger partial charge on any atom is 0.339 e. The van der Waals surface area contributed by atoms with Gasteiger partial charge in [-0.2, -0.15) is 0 Å². The number of aromatic amines is 1. The van der Waals surface area contributed by atoms with Crippen molar-refractivity contribution in [2.75, 3.05) is 20.2 Å². The van der Waals surface area contributed by atoms with Gasteiger partial charge < -0.3 is 14.8 Å². The number of methoxy groups -OCH3 is 1. The zero-order chi connectivity index (χ0) is 16.2. The molecular weight excluding hydrogens is 294 g/mol. The SMILES string of the molecule is COc1ccc(CN2CCC[C@@H](c3ncc[nH]3)C2)cc1C(=O)O. The Kier molecular flexibility index (Phi) is 4.62. The number of likely N-dealkylation sites (tertiary alicyclic amines) is 1. The summed E-state index contributed by atoms with van der Waals surface area (Å²) in [6.07, 6.45) is 5.90. The van der Waals surface area contributed by atoms with Crippen LogP contribution in [0, 0.1) is 0 Å². The number of nitrogens with one attached hydrogen (secondary N) is 1. The van der Waals surface area contributed by atoms with E-state index in [1.807, 2.05) is 12.3 Å². The zero-order valence-corrected chi connectivity index (χ0v) is 13.2. The highest BCUT2D eigenvalue weighted by Gasteiger charge is 2.23. The molecule has 0 unspecified atom stereocenters. The molecule has 0 saturated carbocycles. The van der Waals surface area contributed by atoms with Gasteiger partial charge in [0, 0.05) is 31.4 Å². The van der Waals surface area contributed by atoms with Gasteiger partial charge >= 0.3 is 5.97 Å². The molecule has 0 spiro atoms. The predicted molar refractivity (Wildman–Crippen MR) is 85.8 cm³/mol. The number of hydrogen-bond acceptors (Lipinski definition) is 4. The van der Waals surface area contributed by atoms with Crippen LogP contribution in [0.25, 0.3) is 0 Å². The molecule has 1 saturated heterocycles. The summed E-state index contributed by atoms with van der Waals surface area (Å²) in [5, 5.41) is 9.29. The van der Waals surface area contributed by atoms with E-state index in [0.717, 1.165) is 43.9 Å². The molecule has 122 valence electrons. The normalized spacial score (nSPS) is 18.7.